The summed E-state index contributed by atoms with van der Waals surface area (Å²) in [6, 6.07) is 6.91. The SMILES string of the molecule is CCOCCNS(=O)(=O)Nc1ccc(C(=O)O)c(C(=O)O)c1.NS(=O)(=O)NCCOCc1ccc(C(=O)O)c(C(=O)O)c1. The third kappa shape index (κ3) is 14.0. The predicted molar refractivity (Wildman–Crippen MR) is 149 cm³/mol. The Morgan fingerprint density at radius 2 is 1.21 bits per heavy atom. The molecule has 0 saturated heterocycles. The Morgan fingerprint density at radius 1 is 0.721 bits per heavy atom. The average molecular weight is 651 g/mol. The van der Waals surface area contributed by atoms with Crippen LogP contribution >= 0.6 is 0 Å². The molecule has 2 aromatic rings. The molecule has 2 rings (SSSR count). The predicted octanol–water partition coefficient (Wildman–Crippen LogP) is -0.241. The van der Waals surface area contributed by atoms with Gasteiger partial charge in [0.1, 0.15) is 0 Å². The number of aromatic carboxylic acids is 4. The Hall–Kier alpha value is -4.18. The van der Waals surface area contributed by atoms with Crippen LogP contribution in [0.3, 0.4) is 0 Å². The highest BCUT2D eigenvalue weighted by Gasteiger charge is 2.18. The lowest BCUT2D eigenvalue weighted by Crippen LogP contribution is -2.33. The molecule has 0 radical (unpaired) electrons. The van der Waals surface area contributed by atoms with Crippen molar-refractivity contribution in [2.45, 2.75) is 13.5 Å². The Bertz CT molecular complexity index is 1530. The van der Waals surface area contributed by atoms with Gasteiger partial charge in [-0.3, -0.25) is 4.72 Å². The number of carbonyl (C=O) groups is 4. The van der Waals surface area contributed by atoms with E-state index in [1.807, 2.05) is 4.72 Å². The molecular weight excluding hydrogens is 620 g/mol. The van der Waals surface area contributed by atoms with E-state index in [4.69, 9.17) is 35.0 Å². The van der Waals surface area contributed by atoms with Crippen molar-refractivity contribution in [1.82, 2.24) is 9.44 Å². The minimum absolute atomic E-state index is 0.00643. The molecule has 0 amide bonds. The highest BCUT2D eigenvalue weighted by atomic mass is 32.2. The number of rotatable bonds is 17. The first-order valence-corrected chi connectivity index (χ1v) is 14.9. The van der Waals surface area contributed by atoms with E-state index in [1.54, 1.807) is 6.92 Å². The average Bonchev–Trinajstić information content (AvgIpc) is 2.90. The summed E-state index contributed by atoms with van der Waals surface area (Å²) in [4.78, 5) is 43.7. The summed E-state index contributed by atoms with van der Waals surface area (Å²) in [5.74, 6) is -5.58. The molecule has 0 aliphatic rings. The number of hydrogen-bond acceptors (Lipinski definition) is 10. The van der Waals surface area contributed by atoms with Gasteiger partial charge in [0, 0.05) is 19.7 Å². The minimum atomic E-state index is -3.91. The third-order valence-corrected chi connectivity index (χ3v) is 6.53. The summed E-state index contributed by atoms with van der Waals surface area (Å²) in [5, 5.41) is 40.4. The Morgan fingerprint density at radius 3 is 1.72 bits per heavy atom. The smallest absolute Gasteiger partial charge is 0.336 e. The lowest BCUT2D eigenvalue weighted by Gasteiger charge is -2.11. The van der Waals surface area contributed by atoms with Crippen LogP contribution in [0.15, 0.2) is 36.4 Å². The summed E-state index contributed by atoms with van der Waals surface area (Å²) < 4.78 is 61.0. The number of nitrogens with one attached hydrogen (secondary N) is 3. The van der Waals surface area contributed by atoms with Gasteiger partial charge in [-0.15, -0.1) is 0 Å². The molecule has 0 aliphatic carbocycles. The molecule has 43 heavy (non-hydrogen) atoms. The quantitative estimate of drug-likeness (QED) is 0.103. The molecule has 9 N–H and O–H groups in total. The molecule has 238 valence electrons. The van der Waals surface area contributed by atoms with Gasteiger partial charge in [0.15, 0.2) is 0 Å². The molecule has 2 aromatic carbocycles. The zero-order valence-corrected chi connectivity index (χ0v) is 24.1. The van der Waals surface area contributed by atoms with Gasteiger partial charge < -0.3 is 29.9 Å². The van der Waals surface area contributed by atoms with E-state index < -0.39 is 55.4 Å². The molecule has 0 unspecified atom stereocenters. The zero-order valence-electron chi connectivity index (χ0n) is 22.5. The third-order valence-electron chi connectivity index (χ3n) is 4.84. The van der Waals surface area contributed by atoms with Crippen molar-refractivity contribution in [1.29, 1.82) is 0 Å². The van der Waals surface area contributed by atoms with Crippen LogP contribution in [0, 0.1) is 0 Å². The van der Waals surface area contributed by atoms with Crippen LogP contribution in [-0.2, 0) is 36.5 Å². The molecule has 0 aromatic heterocycles. The number of carboxylic acids is 4. The van der Waals surface area contributed by atoms with E-state index in [1.165, 1.54) is 18.2 Å². The molecule has 18 nitrogen and oxygen atoms in total. The highest BCUT2D eigenvalue weighted by Crippen LogP contribution is 2.17. The van der Waals surface area contributed by atoms with Gasteiger partial charge in [0.25, 0.3) is 20.4 Å². The van der Waals surface area contributed by atoms with Gasteiger partial charge in [-0.1, -0.05) is 6.07 Å². The number of carboxylic acid groups (broad SMARTS) is 4. The largest absolute Gasteiger partial charge is 0.478 e. The zero-order chi connectivity index (χ0) is 32.8. The normalized spacial score (nSPS) is 11.2. The van der Waals surface area contributed by atoms with Gasteiger partial charge in [0.05, 0.1) is 47.8 Å². The maximum atomic E-state index is 11.7. The molecule has 20 heteroatoms. The van der Waals surface area contributed by atoms with E-state index in [2.05, 4.69) is 9.44 Å². The molecule has 0 saturated carbocycles. The maximum absolute atomic E-state index is 11.7. The van der Waals surface area contributed by atoms with Crippen LogP contribution in [0.25, 0.3) is 0 Å². The monoisotopic (exact) mass is 650 g/mol. The molecule has 0 aliphatic heterocycles. The maximum Gasteiger partial charge on any atom is 0.336 e. The van der Waals surface area contributed by atoms with Crippen LogP contribution in [-0.4, -0.2) is 94.0 Å². The van der Waals surface area contributed by atoms with E-state index in [9.17, 15) is 36.0 Å². The molecule has 0 fully saturated rings. The Labute approximate surface area is 245 Å². The number of ether oxygens (including phenoxy) is 2. The van der Waals surface area contributed by atoms with Crippen molar-refractivity contribution in [2.75, 3.05) is 37.6 Å². The van der Waals surface area contributed by atoms with Crippen molar-refractivity contribution in [2.24, 2.45) is 5.14 Å². The Kier molecular flexibility index (Phi) is 14.6. The molecule has 0 spiro atoms. The fraction of sp³-hybridized carbons (Fsp3) is 0.304. The fourth-order valence-electron chi connectivity index (χ4n) is 3.05. The van der Waals surface area contributed by atoms with E-state index >= 15 is 0 Å². The topological polar surface area (TPSA) is 298 Å². The summed E-state index contributed by atoms with van der Waals surface area (Å²) in [6.07, 6.45) is 0. The van der Waals surface area contributed by atoms with E-state index in [0.717, 1.165) is 18.2 Å². The van der Waals surface area contributed by atoms with E-state index in [0.29, 0.717) is 12.2 Å². The van der Waals surface area contributed by atoms with Crippen molar-refractivity contribution in [3.63, 3.8) is 0 Å². The van der Waals surface area contributed by atoms with Crippen LogP contribution < -0.4 is 19.3 Å². The molecule has 0 heterocycles. The first kappa shape index (κ1) is 36.8. The van der Waals surface area contributed by atoms with Gasteiger partial charge in [-0.05, 0) is 42.8 Å². The van der Waals surface area contributed by atoms with Crippen LogP contribution in [0.5, 0.6) is 0 Å². The summed E-state index contributed by atoms with van der Waals surface area (Å²) >= 11 is 0. The number of benzene rings is 2. The first-order chi connectivity index (χ1) is 20.0. The number of hydrogen-bond donors (Lipinski definition) is 8. The minimum Gasteiger partial charge on any atom is -0.478 e. The number of nitrogens with two attached hydrogens (primary N) is 1. The second-order valence-electron chi connectivity index (χ2n) is 8.05. The second kappa shape index (κ2) is 17.1. The van der Waals surface area contributed by atoms with Gasteiger partial charge >= 0.3 is 23.9 Å². The molecular formula is C23H30N4O14S2. The van der Waals surface area contributed by atoms with Crippen molar-refractivity contribution >= 4 is 50.0 Å². The Balaban J connectivity index is 0.000000430. The fourth-order valence-corrected chi connectivity index (χ4v) is 4.28. The lowest BCUT2D eigenvalue weighted by molar-refractivity contribution is 0.0651. The van der Waals surface area contributed by atoms with Crippen molar-refractivity contribution in [3.8, 4) is 0 Å². The summed E-state index contributed by atoms with van der Waals surface area (Å²) in [6.45, 7) is 2.46. The summed E-state index contributed by atoms with van der Waals surface area (Å²) in [7, 11) is -7.69. The second-order valence-corrected chi connectivity index (χ2v) is 10.9. The van der Waals surface area contributed by atoms with Crippen LogP contribution in [0.1, 0.15) is 53.9 Å². The lowest BCUT2D eigenvalue weighted by atomic mass is 10.0. The van der Waals surface area contributed by atoms with Gasteiger partial charge in [-0.25, -0.2) is 29.0 Å². The van der Waals surface area contributed by atoms with Gasteiger partial charge in [0.2, 0.25) is 0 Å². The molecule has 0 atom stereocenters. The van der Waals surface area contributed by atoms with Crippen LogP contribution in [0.4, 0.5) is 5.69 Å². The highest BCUT2D eigenvalue weighted by molar-refractivity contribution is 7.90. The first-order valence-electron chi connectivity index (χ1n) is 11.9. The van der Waals surface area contributed by atoms with Crippen LogP contribution in [0.2, 0.25) is 0 Å². The number of anilines is 1. The standard InChI is InChI=1S/C12H16N2O7S.C11H14N2O7S/c1-2-21-6-5-13-22(19,20)14-8-3-4-9(11(15)16)10(7-8)12(17)18;12-21(18,19)13-3-4-20-6-7-1-2-8(10(14)15)9(5-7)11(16)17/h3-4,7,13-14H,2,5-6H2,1H3,(H,15,16)(H,17,18);1-2,5,13H,3-4,6H2,(H,14,15)(H,16,17)(H2,12,18,19). The van der Waals surface area contributed by atoms with E-state index in [-0.39, 0.29) is 49.7 Å². The van der Waals surface area contributed by atoms with Gasteiger partial charge in [-0.2, -0.15) is 21.6 Å². The van der Waals surface area contributed by atoms with Crippen molar-refractivity contribution < 1.29 is 65.9 Å². The molecule has 0 bridgehead atoms. The summed E-state index contributed by atoms with van der Waals surface area (Å²) in [5.41, 5.74) is -1.21. The van der Waals surface area contributed by atoms with Crippen molar-refractivity contribution in [3.05, 3.63) is 64.2 Å².